The predicted octanol–water partition coefficient (Wildman–Crippen LogP) is 1.95. The summed E-state index contributed by atoms with van der Waals surface area (Å²) in [6, 6.07) is 8.56. The first kappa shape index (κ1) is 10.7. The average Bonchev–Trinajstić information content (AvgIpc) is 2.24. The maximum absolute atomic E-state index is 8.74. The van der Waals surface area contributed by atoms with Crippen molar-refractivity contribution in [3.63, 3.8) is 0 Å². The van der Waals surface area contributed by atoms with E-state index in [9.17, 15) is 0 Å². The van der Waals surface area contributed by atoms with Gasteiger partial charge in [0.25, 0.3) is 0 Å². The number of benzene rings is 1. The monoisotopic (exact) mass is 205 g/mol. The van der Waals surface area contributed by atoms with E-state index in [2.05, 4.69) is 24.3 Å². The Hall–Kier alpha value is -0.860. The molecule has 3 N–H and O–H groups in total. The minimum atomic E-state index is -0.0461. The molecule has 0 aliphatic heterocycles. The second-order valence-corrected chi connectivity index (χ2v) is 4.53. The quantitative estimate of drug-likeness (QED) is 0.789. The van der Waals surface area contributed by atoms with Gasteiger partial charge in [0.1, 0.15) is 0 Å². The van der Waals surface area contributed by atoms with Crippen LogP contribution in [-0.2, 0) is 12.0 Å². The Bertz CT molecular complexity index is 314. The molecule has 82 valence electrons. The summed E-state index contributed by atoms with van der Waals surface area (Å²) >= 11 is 0. The van der Waals surface area contributed by atoms with Crippen molar-refractivity contribution in [2.24, 2.45) is 5.73 Å². The van der Waals surface area contributed by atoms with Gasteiger partial charge >= 0.3 is 0 Å². The summed E-state index contributed by atoms with van der Waals surface area (Å²) in [4.78, 5) is 0. The highest BCUT2D eigenvalue weighted by Gasteiger charge is 2.33. The first-order chi connectivity index (χ1) is 7.24. The Balaban J connectivity index is 2.03. The van der Waals surface area contributed by atoms with Crippen LogP contribution >= 0.6 is 0 Å². The van der Waals surface area contributed by atoms with Crippen LogP contribution in [0.3, 0.4) is 0 Å². The van der Waals surface area contributed by atoms with Gasteiger partial charge in [0.05, 0.1) is 0 Å². The molecule has 0 unspecified atom stereocenters. The second kappa shape index (κ2) is 4.33. The molecule has 1 aromatic rings. The lowest BCUT2D eigenvalue weighted by atomic mass is 9.72. The van der Waals surface area contributed by atoms with Crippen LogP contribution in [0, 0.1) is 0 Å². The number of rotatable bonds is 4. The summed E-state index contributed by atoms with van der Waals surface area (Å²) < 4.78 is 0. The average molecular weight is 205 g/mol. The second-order valence-electron chi connectivity index (χ2n) is 4.53. The highest BCUT2D eigenvalue weighted by Crippen LogP contribution is 2.38. The fourth-order valence-corrected chi connectivity index (χ4v) is 2.13. The van der Waals surface area contributed by atoms with Crippen LogP contribution in [0.5, 0.6) is 0 Å². The van der Waals surface area contributed by atoms with Crippen LogP contribution in [0.2, 0.25) is 0 Å². The van der Waals surface area contributed by atoms with Crippen molar-refractivity contribution in [3.8, 4) is 0 Å². The van der Waals surface area contributed by atoms with Gasteiger partial charge in [-0.25, -0.2) is 0 Å². The Kier molecular flexibility index (Phi) is 3.08. The zero-order valence-electron chi connectivity index (χ0n) is 9.08. The topological polar surface area (TPSA) is 46.2 Å². The van der Waals surface area contributed by atoms with E-state index in [1.807, 2.05) is 0 Å². The normalized spacial score (nSPS) is 18.5. The van der Waals surface area contributed by atoms with Crippen molar-refractivity contribution in [2.75, 3.05) is 6.61 Å². The maximum Gasteiger partial charge on any atom is 0.0434 e. The van der Waals surface area contributed by atoms with Crippen molar-refractivity contribution in [1.82, 2.24) is 0 Å². The lowest BCUT2D eigenvalue weighted by molar-refractivity contribution is 0.253. The molecule has 1 aromatic carbocycles. The Morgan fingerprint density at radius 3 is 2.33 bits per heavy atom. The van der Waals surface area contributed by atoms with Crippen LogP contribution in [0.25, 0.3) is 0 Å². The van der Waals surface area contributed by atoms with Crippen molar-refractivity contribution < 1.29 is 5.11 Å². The van der Waals surface area contributed by atoms with Crippen molar-refractivity contribution >= 4 is 0 Å². The van der Waals surface area contributed by atoms with Gasteiger partial charge in [0, 0.05) is 12.1 Å². The van der Waals surface area contributed by atoms with Gasteiger partial charge < -0.3 is 10.8 Å². The minimum absolute atomic E-state index is 0.0461. The zero-order valence-corrected chi connectivity index (χ0v) is 9.08. The van der Waals surface area contributed by atoms with E-state index in [1.165, 1.54) is 17.5 Å². The molecule has 2 rings (SSSR count). The molecule has 0 amide bonds. The third-order valence-electron chi connectivity index (χ3n) is 3.40. The molecule has 2 nitrogen and oxygen atoms in total. The molecule has 1 aliphatic carbocycles. The summed E-state index contributed by atoms with van der Waals surface area (Å²) in [5.41, 5.74) is 8.74. The highest BCUT2D eigenvalue weighted by molar-refractivity contribution is 5.30. The molecule has 2 heteroatoms. The van der Waals surface area contributed by atoms with E-state index >= 15 is 0 Å². The van der Waals surface area contributed by atoms with E-state index in [0.29, 0.717) is 0 Å². The predicted molar refractivity (Wildman–Crippen MR) is 61.6 cm³/mol. The molecule has 0 bridgehead atoms. The van der Waals surface area contributed by atoms with Crippen LogP contribution in [0.4, 0.5) is 0 Å². The van der Waals surface area contributed by atoms with Crippen molar-refractivity contribution in [3.05, 3.63) is 35.4 Å². The molecule has 15 heavy (non-hydrogen) atoms. The Labute approximate surface area is 91.1 Å². The molecule has 0 atom stereocenters. The van der Waals surface area contributed by atoms with E-state index in [4.69, 9.17) is 10.8 Å². The molecule has 0 saturated heterocycles. The maximum atomic E-state index is 8.74. The van der Waals surface area contributed by atoms with Crippen LogP contribution < -0.4 is 5.73 Å². The van der Waals surface area contributed by atoms with Crippen molar-refractivity contribution in [1.29, 1.82) is 0 Å². The fraction of sp³-hybridized carbons (Fsp3) is 0.538. The summed E-state index contributed by atoms with van der Waals surface area (Å²) in [6.07, 6.45) is 5.27. The number of aryl methyl sites for hydroxylation is 1. The smallest absolute Gasteiger partial charge is 0.0434 e. The molecular weight excluding hydrogens is 186 g/mol. The molecule has 1 aliphatic rings. The summed E-state index contributed by atoms with van der Waals surface area (Å²) in [7, 11) is 0. The summed E-state index contributed by atoms with van der Waals surface area (Å²) in [5, 5.41) is 8.74. The molecule has 0 spiro atoms. The highest BCUT2D eigenvalue weighted by atomic mass is 16.2. The van der Waals surface area contributed by atoms with Gasteiger partial charge in [-0.15, -0.1) is 0 Å². The third-order valence-corrected chi connectivity index (χ3v) is 3.40. The number of aliphatic hydroxyl groups excluding tert-OH is 1. The molecular formula is C13H19NO. The van der Waals surface area contributed by atoms with Crippen LogP contribution in [0.15, 0.2) is 24.3 Å². The van der Waals surface area contributed by atoms with E-state index in [-0.39, 0.29) is 12.1 Å². The largest absolute Gasteiger partial charge is 0.396 e. The number of hydrogen-bond donors (Lipinski definition) is 2. The summed E-state index contributed by atoms with van der Waals surface area (Å²) in [6.45, 7) is 0.266. The van der Waals surface area contributed by atoms with E-state index < -0.39 is 0 Å². The van der Waals surface area contributed by atoms with Gasteiger partial charge in [-0.2, -0.15) is 0 Å². The van der Waals surface area contributed by atoms with Gasteiger partial charge in [0.2, 0.25) is 0 Å². The summed E-state index contributed by atoms with van der Waals surface area (Å²) in [5.74, 6) is 0. The number of nitrogens with two attached hydrogens (primary N) is 1. The van der Waals surface area contributed by atoms with Gasteiger partial charge in [-0.1, -0.05) is 24.3 Å². The molecule has 0 radical (unpaired) electrons. The first-order valence-corrected chi connectivity index (χ1v) is 5.74. The van der Waals surface area contributed by atoms with Gasteiger partial charge in [-0.3, -0.25) is 0 Å². The minimum Gasteiger partial charge on any atom is -0.396 e. The Morgan fingerprint density at radius 1 is 1.20 bits per heavy atom. The van der Waals surface area contributed by atoms with Gasteiger partial charge in [0.15, 0.2) is 0 Å². The van der Waals surface area contributed by atoms with E-state index in [0.717, 1.165) is 25.7 Å². The molecule has 1 fully saturated rings. The van der Waals surface area contributed by atoms with Crippen LogP contribution in [0.1, 0.15) is 36.8 Å². The zero-order chi connectivity index (χ0) is 10.7. The fourth-order valence-electron chi connectivity index (χ4n) is 2.13. The lowest BCUT2D eigenvalue weighted by Gasteiger charge is -2.38. The SMILES string of the molecule is NC1(c2ccc(CCCO)cc2)CCC1. The lowest BCUT2D eigenvalue weighted by Crippen LogP contribution is -2.43. The van der Waals surface area contributed by atoms with Crippen molar-refractivity contribution in [2.45, 2.75) is 37.6 Å². The third kappa shape index (κ3) is 2.21. The Morgan fingerprint density at radius 2 is 1.87 bits per heavy atom. The van der Waals surface area contributed by atoms with Crippen LogP contribution in [-0.4, -0.2) is 11.7 Å². The number of aliphatic hydroxyl groups is 1. The molecule has 1 saturated carbocycles. The molecule has 0 aromatic heterocycles. The van der Waals surface area contributed by atoms with E-state index in [1.54, 1.807) is 0 Å². The first-order valence-electron chi connectivity index (χ1n) is 5.74. The number of hydrogen-bond acceptors (Lipinski definition) is 2. The molecule has 0 heterocycles. The van der Waals surface area contributed by atoms with Gasteiger partial charge in [-0.05, 0) is 43.2 Å². The standard InChI is InChI=1S/C13H19NO/c14-13(8-2-9-13)12-6-4-11(5-7-12)3-1-10-15/h4-7,15H,1-3,8-10,14H2.